The van der Waals surface area contributed by atoms with Gasteiger partial charge in [-0.05, 0) is 36.5 Å². The van der Waals surface area contributed by atoms with Gasteiger partial charge in [0, 0.05) is 5.92 Å². The van der Waals surface area contributed by atoms with Crippen LogP contribution in [0.4, 0.5) is 4.39 Å². The van der Waals surface area contributed by atoms with Crippen LogP contribution < -0.4 is 5.32 Å². The van der Waals surface area contributed by atoms with Gasteiger partial charge in [0.1, 0.15) is 5.82 Å². The van der Waals surface area contributed by atoms with E-state index in [-0.39, 0.29) is 22.4 Å². The number of amides is 1. The number of carboxylic acids is 1. The van der Waals surface area contributed by atoms with Gasteiger partial charge in [-0.2, -0.15) is 0 Å². The number of aliphatic carboxylic acids is 1. The van der Waals surface area contributed by atoms with Crippen molar-refractivity contribution in [1.29, 1.82) is 0 Å². The first-order valence-corrected chi connectivity index (χ1v) is 6.76. The van der Waals surface area contributed by atoms with Crippen molar-refractivity contribution in [2.45, 2.75) is 25.8 Å². The second-order valence-electron chi connectivity index (χ2n) is 5.08. The minimum atomic E-state index is -1.27. The number of rotatable bonds is 5. The maximum Gasteiger partial charge on any atom is 0.330 e. The normalized spacial score (nSPS) is 17.4. The summed E-state index contributed by atoms with van der Waals surface area (Å²) in [5, 5.41) is 11.6. The predicted molar refractivity (Wildman–Crippen MR) is 71.8 cm³/mol. The van der Waals surface area contributed by atoms with E-state index in [1.165, 1.54) is 12.1 Å². The number of halogens is 2. The molecule has 1 fully saturated rings. The number of hydrogen-bond donors (Lipinski definition) is 2. The van der Waals surface area contributed by atoms with Gasteiger partial charge in [-0.15, -0.1) is 0 Å². The fourth-order valence-corrected chi connectivity index (χ4v) is 2.18. The number of carbonyl (C=O) groups is 2. The SMILES string of the molecule is CC(C(=O)NC(C(=O)O)c1ccc(Cl)c(F)c1)C1CC1. The topological polar surface area (TPSA) is 66.4 Å². The van der Waals surface area contributed by atoms with Gasteiger partial charge >= 0.3 is 5.97 Å². The molecule has 2 N–H and O–H groups in total. The highest BCUT2D eigenvalue weighted by Gasteiger charge is 2.34. The fraction of sp³-hybridized carbons (Fsp3) is 0.429. The molecule has 1 saturated carbocycles. The summed E-state index contributed by atoms with van der Waals surface area (Å²) in [4.78, 5) is 23.2. The van der Waals surface area contributed by atoms with Crippen LogP contribution in [0.3, 0.4) is 0 Å². The lowest BCUT2D eigenvalue weighted by molar-refractivity contribution is -0.142. The predicted octanol–water partition coefficient (Wildman–Crippen LogP) is 2.77. The molecule has 4 nitrogen and oxygen atoms in total. The zero-order valence-electron chi connectivity index (χ0n) is 10.9. The largest absolute Gasteiger partial charge is 0.479 e. The van der Waals surface area contributed by atoms with E-state index in [1.807, 2.05) is 0 Å². The summed E-state index contributed by atoms with van der Waals surface area (Å²) < 4.78 is 13.4. The van der Waals surface area contributed by atoms with Crippen molar-refractivity contribution in [3.05, 3.63) is 34.6 Å². The lowest BCUT2D eigenvalue weighted by Crippen LogP contribution is -2.37. The molecule has 20 heavy (non-hydrogen) atoms. The summed E-state index contributed by atoms with van der Waals surface area (Å²) in [6.45, 7) is 1.77. The van der Waals surface area contributed by atoms with Gasteiger partial charge in [-0.1, -0.05) is 24.6 Å². The first kappa shape index (κ1) is 14.8. The smallest absolute Gasteiger partial charge is 0.330 e. The molecule has 2 rings (SSSR count). The molecular weight excluding hydrogens is 285 g/mol. The number of carboxylic acid groups (broad SMARTS) is 1. The summed E-state index contributed by atoms with van der Waals surface area (Å²) >= 11 is 5.56. The van der Waals surface area contributed by atoms with Crippen LogP contribution in [0, 0.1) is 17.7 Å². The molecule has 1 aromatic rings. The van der Waals surface area contributed by atoms with Crippen LogP contribution in [0.15, 0.2) is 18.2 Å². The highest BCUT2D eigenvalue weighted by atomic mass is 35.5. The zero-order chi connectivity index (χ0) is 14.9. The minimum absolute atomic E-state index is 0.0874. The number of nitrogens with one attached hydrogen (secondary N) is 1. The third kappa shape index (κ3) is 3.28. The van der Waals surface area contributed by atoms with Crippen molar-refractivity contribution in [2.75, 3.05) is 0 Å². The van der Waals surface area contributed by atoms with E-state index in [9.17, 15) is 19.1 Å². The van der Waals surface area contributed by atoms with Crippen LogP contribution in [-0.2, 0) is 9.59 Å². The summed E-state index contributed by atoms with van der Waals surface area (Å²) in [6.07, 6.45) is 1.98. The summed E-state index contributed by atoms with van der Waals surface area (Å²) in [6, 6.07) is 2.43. The third-order valence-electron chi connectivity index (χ3n) is 3.55. The third-order valence-corrected chi connectivity index (χ3v) is 3.86. The lowest BCUT2D eigenvalue weighted by atomic mass is 10.0. The average molecular weight is 300 g/mol. The van der Waals surface area contributed by atoms with E-state index < -0.39 is 17.8 Å². The maximum absolute atomic E-state index is 13.4. The van der Waals surface area contributed by atoms with Crippen LogP contribution in [0.2, 0.25) is 5.02 Å². The minimum Gasteiger partial charge on any atom is -0.479 e. The second kappa shape index (κ2) is 5.79. The monoisotopic (exact) mass is 299 g/mol. The van der Waals surface area contributed by atoms with E-state index >= 15 is 0 Å². The number of benzene rings is 1. The zero-order valence-corrected chi connectivity index (χ0v) is 11.7. The molecule has 108 valence electrons. The van der Waals surface area contributed by atoms with Crippen LogP contribution in [0.5, 0.6) is 0 Å². The van der Waals surface area contributed by atoms with Gasteiger partial charge in [-0.3, -0.25) is 4.79 Å². The first-order chi connectivity index (χ1) is 9.40. The molecule has 0 heterocycles. The van der Waals surface area contributed by atoms with Crippen molar-refractivity contribution >= 4 is 23.5 Å². The molecule has 0 saturated heterocycles. The van der Waals surface area contributed by atoms with E-state index in [0.29, 0.717) is 5.92 Å². The van der Waals surface area contributed by atoms with Crippen LogP contribution >= 0.6 is 11.6 Å². The average Bonchev–Trinajstić information content (AvgIpc) is 3.22. The van der Waals surface area contributed by atoms with Crippen molar-refractivity contribution < 1.29 is 19.1 Å². The Labute approximate surface area is 120 Å². The van der Waals surface area contributed by atoms with Gasteiger partial charge < -0.3 is 10.4 Å². The van der Waals surface area contributed by atoms with Crippen molar-refractivity contribution in [3.63, 3.8) is 0 Å². The van der Waals surface area contributed by atoms with Gasteiger partial charge in [0.15, 0.2) is 6.04 Å². The molecule has 0 aliphatic heterocycles. The molecule has 6 heteroatoms. The number of carbonyl (C=O) groups excluding carboxylic acids is 1. The van der Waals surface area contributed by atoms with Crippen molar-refractivity contribution in [2.24, 2.45) is 11.8 Å². The standard InChI is InChI=1S/C14H15ClFNO3/c1-7(8-2-3-8)13(18)17-12(14(19)20)9-4-5-10(15)11(16)6-9/h4-8,12H,2-3H2,1H3,(H,17,18)(H,19,20). The van der Waals surface area contributed by atoms with Gasteiger partial charge in [-0.25, -0.2) is 9.18 Å². The summed E-state index contributed by atoms with van der Waals surface area (Å²) in [7, 11) is 0. The Bertz CT molecular complexity index is 545. The molecule has 0 spiro atoms. The highest BCUT2D eigenvalue weighted by molar-refractivity contribution is 6.30. The molecule has 1 aromatic carbocycles. The van der Waals surface area contributed by atoms with E-state index in [0.717, 1.165) is 18.9 Å². The molecule has 0 bridgehead atoms. The molecule has 1 aliphatic rings. The van der Waals surface area contributed by atoms with Crippen molar-refractivity contribution in [1.82, 2.24) is 5.32 Å². The maximum atomic E-state index is 13.4. The molecule has 2 atom stereocenters. The molecule has 1 aliphatic carbocycles. The summed E-state index contributed by atoms with van der Waals surface area (Å²) in [5.74, 6) is -2.17. The Balaban J connectivity index is 2.15. The first-order valence-electron chi connectivity index (χ1n) is 6.38. The molecule has 0 aromatic heterocycles. The van der Waals surface area contributed by atoms with Crippen LogP contribution in [0.25, 0.3) is 0 Å². The quantitative estimate of drug-likeness (QED) is 0.878. The highest BCUT2D eigenvalue weighted by Crippen LogP contribution is 2.36. The Kier molecular flexibility index (Phi) is 4.28. The van der Waals surface area contributed by atoms with E-state index in [4.69, 9.17) is 11.6 Å². The Morgan fingerprint density at radius 1 is 1.45 bits per heavy atom. The second-order valence-corrected chi connectivity index (χ2v) is 5.49. The molecule has 2 unspecified atom stereocenters. The van der Waals surface area contributed by atoms with Gasteiger partial charge in [0.2, 0.25) is 5.91 Å². The fourth-order valence-electron chi connectivity index (χ4n) is 2.06. The van der Waals surface area contributed by atoms with Crippen molar-refractivity contribution in [3.8, 4) is 0 Å². The van der Waals surface area contributed by atoms with E-state index in [2.05, 4.69) is 5.32 Å². The number of hydrogen-bond acceptors (Lipinski definition) is 2. The molecule has 0 radical (unpaired) electrons. The Morgan fingerprint density at radius 2 is 2.10 bits per heavy atom. The summed E-state index contributed by atoms with van der Waals surface area (Å²) in [5.41, 5.74) is 0.163. The molecule has 1 amide bonds. The lowest BCUT2D eigenvalue weighted by Gasteiger charge is -2.18. The van der Waals surface area contributed by atoms with Crippen LogP contribution in [0.1, 0.15) is 31.4 Å². The van der Waals surface area contributed by atoms with Crippen LogP contribution in [-0.4, -0.2) is 17.0 Å². The molecular formula is C14H15ClFNO3. The Morgan fingerprint density at radius 3 is 2.60 bits per heavy atom. The van der Waals surface area contributed by atoms with E-state index in [1.54, 1.807) is 6.92 Å². The van der Waals surface area contributed by atoms with Gasteiger partial charge in [0.25, 0.3) is 0 Å². The van der Waals surface area contributed by atoms with Gasteiger partial charge in [0.05, 0.1) is 5.02 Å². The Hall–Kier alpha value is -1.62.